The molecule has 4 rings (SSSR count). The van der Waals surface area contributed by atoms with E-state index in [0.29, 0.717) is 60.1 Å². The summed E-state index contributed by atoms with van der Waals surface area (Å²) in [4.78, 5) is 16.3. The molecule has 206 valence electrons. The first-order valence-corrected chi connectivity index (χ1v) is 14.9. The summed E-state index contributed by atoms with van der Waals surface area (Å²) in [6, 6.07) is 12.2. The van der Waals surface area contributed by atoms with Crippen molar-refractivity contribution >= 4 is 48.5 Å². The predicted molar refractivity (Wildman–Crippen MR) is 148 cm³/mol. The Hall–Kier alpha value is -2.93. The first-order valence-electron chi connectivity index (χ1n) is 12.6. The van der Waals surface area contributed by atoms with E-state index in [1.54, 1.807) is 24.3 Å². The number of aliphatic hydroxyl groups is 1. The van der Waals surface area contributed by atoms with Crippen molar-refractivity contribution in [1.29, 1.82) is 0 Å². The molecule has 1 aliphatic heterocycles. The van der Waals surface area contributed by atoms with Gasteiger partial charge in [0.2, 0.25) is 0 Å². The van der Waals surface area contributed by atoms with Gasteiger partial charge in [0.25, 0.3) is 10.0 Å². The van der Waals surface area contributed by atoms with Gasteiger partial charge in [0.15, 0.2) is 5.13 Å². The molecule has 2 unspecified atom stereocenters. The van der Waals surface area contributed by atoms with Crippen LogP contribution in [0, 0.1) is 5.92 Å². The van der Waals surface area contributed by atoms with Crippen molar-refractivity contribution in [3.8, 4) is 0 Å². The van der Waals surface area contributed by atoms with Gasteiger partial charge in [-0.3, -0.25) is 4.31 Å². The number of aromatic nitrogens is 1. The molecule has 1 aromatic heterocycles. The summed E-state index contributed by atoms with van der Waals surface area (Å²) in [7, 11) is -3.86. The van der Waals surface area contributed by atoms with Gasteiger partial charge in [0.1, 0.15) is 6.10 Å². The number of aryl methyl sites for hydroxylation is 1. The molecule has 0 saturated carbocycles. The number of carbonyl (C=O) groups excluding carboxylic acids is 1. The predicted octanol–water partition coefficient (Wildman–Crippen LogP) is 3.54. The number of nitrogen functional groups attached to an aromatic ring is 1. The third kappa shape index (κ3) is 7.13. The molecule has 0 spiro atoms. The van der Waals surface area contributed by atoms with Crippen molar-refractivity contribution in [1.82, 2.24) is 10.3 Å². The number of hydrogen-bond acceptors (Lipinski definition) is 9. The number of carbonyl (C=O) groups is 1. The maximum Gasteiger partial charge on any atom is 0.407 e. The molecule has 2 atom stereocenters. The van der Waals surface area contributed by atoms with E-state index < -0.39 is 22.2 Å². The number of hydrogen-bond donors (Lipinski definition) is 3. The molecule has 0 aliphatic carbocycles. The SMILES string of the molecule is CC(C)CN(c1cccc(CCC(O)CNC(=O)OC2CCOC2)c1)S(=O)(=O)c1ccc2nc(N)sc2c1. The van der Waals surface area contributed by atoms with Gasteiger partial charge in [-0.1, -0.05) is 37.3 Å². The fourth-order valence-electron chi connectivity index (χ4n) is 4.19. The molecular formula is C26H34N4O6S2. The van der Waals surface area contributed by atoms with E-state index >= 15 is 0 Å². The van der Waals surface area contributed by atoms with E-state index in [1.165, 1.54) is 15.6 Å². The molecule has 2 heterocycles. The van der Waals surface area contributed by atoms with Crippen LogP contribution in [0.4, 0.5) is 15.6 Å². The van der Waals surface area contributed by atoms with Crippen molar-refractivity contribution in [2.75, 3.05) is 36.3 Å². The highest BCUT2D eigenvalue weighted by Gasteiger charge is 2.27. The second-order valence-electron chi connectivity index (χ2n) is 9.75. The van der Waals surface area contributed by atoms with Crippen molar-refractivity contribution in [2.24, 2.45) is 5.92 Å². The molecule has 1 saturated heterocycles. The molecule has 2 aromatic carbocycles. The number of ether oxygens (including phenoxy) is 2. The van der Waals surface area contributed by atoms with Crippen molar-refractivity contribution < 1.29 is 27.8 Å². The molecule has 1 fully saturated rings. The molecular weight excluding hydrogens is 528 g/mol. The maximum atomic E-state index is 13.7. The molecule has 0 bridgehead atoms. The monoisotopic (exact) mass is 562 g/mol. The third-order valence-electron chi connectivity index (χ3n) is 6.10. The quantitative estimate of drug-likeness (QED) is 0.322. The Morgan fingerprint density at radius 2 is 2.13 bits per heavy atom. The molecule has 12 heteroatoms. The number of nitrogens with one attached hydrogen (secondary N) is 1. The minimum Gasteiger partial charge on any atom is -0.444 e. The summed E-state index contributed by atoms with van der Waals surface area (Å²) in [5.41, 5.74) is 7.89. The highest BCUT2D eigenvalue weighted by atomic mass is 32.2. The molecule has 3 aromatic rings. The zero-order valence-electron chi connectivity index (χ0n) is 21.5. The summed E-state index contributed by atoms with van der Waals surface area (Å²) in [5.74, 6) is 0.0830. The lowest BCUT2D eigenvalue weighted by molar-refractivity contribution is 0.0781. The molecule has 1 aliphatic rings. The van der Waals surface area contributed by atoms with E-state index in [0.717, 1.165) is 5.56 Å². The van der Waals surface area contributed by atoms with Crippen LogP contribution in [0.25, 0.3) is 10.2 Å². The zero-order valence-corrected chi connectivity index (χ0v) is 23.1. The minimum absolute atomic E-state index is 0.0600. The molecule has 4 N–H and O–H groups in total. The van der Waals surface area contributed by atoms with Crippen LogP contribution in [0.1, 0.15) is 32.3 Å². The number of nitrogens with two attached hydrogens (primary N) is 1. The second-order valence-corrected chi connectivity index (χ2v) is 12.7. The Morgan fingerprint density at radius 3 is 2.87 bits per heavy atom. The number of anilines is 2. The van der Waals surface area contributed by atoms with Gasteiger partial charge in [-0.25, -0.2) is 18.2 Å². The molecule has 10 nitrogen and oxygen atoms in total. The average molecular weight is 563 g/mol. The first-order chi connectivity index (χ1) is 18.1. The zero-order chi connectivity index (χ0) is 27.3. The number of rotatable bonds is 11. The van der Waals surface area contributed by atoms with E-state index in [-0.39, 0.29) is 23.5 Å². The van der Waals surface area contributed by atoms with Gasteiger partial charge in [0.05, 0.1) is 40.1 Å². The first kappa shape index (κ1) is 28.1. The fourth-order valence-corrected chi connectivity index (χ4v) is 6.68. The number of amides is 1. The Bertz CT molecular complexity index is 1350. The lowest BCUT2D eigenvalue weighted by atomic mass is 10.1. The average Bonchev–Trinajstić information content (AvgIpc) is 3.52. The number of fused-ring (bicyclic) bond motifs is 1. The lowest BCUT2D eigenvalue weighted by Gasteiger charge is -2.27. The number of aliphatic hydroxyl groups excluding tert-OH is 1. The van der Waals surface area contributed by atoms with Crippen LogP contribution in [-0.4, -0.2) is 63.1 Å². The number of benzene rings is 2. The lowest BCUT2D eigenvalue weighted by Crippen LogP contribution is -2.35. The van der Waals surface area contributed by atoms with Gasteiger partial charge in [-0.05, 0) is 54.7 Å². The fraction of sp³-hybridized carbons (Fsp3) is 0.462. The Balaban J connectivity index is 1.43. The Labute approximate surface area is 226 Å². The van der Waals surface area contributed by atoms with Crippen LogP contribution in [0.3, 0.4) is 0 Å². The van der Waals surface area contributed by atoms with Crippen LogP contribution in [0.2, 0.25) is 0 Å². The van der Waals surface area contributed by atoms with Gasteiger partial charge in [0, 0.05) is 19.5 Å². The normalized spacial score (nSPS) is 16.6. The maximum absolute atomic E-state index is 13.7. The molecule has 1 amide bonds. The Morgan fingerprint density at radius 1 is 1.32 bits per heavy atom. The highest BCUT2D eigenvalue weighted by molar-refractivity contribution is 7.92. The van der Waals surface area contributed by atoms with Crippen LogP contribution >= 0.6 is 11.3 Å². The smallest absolute Gasteiger partial charge is 0.407 e. The number of alkyl carbamates (subject to hydrolysis) is 1. The van der Waals surface area contributed by atoms with E-state index in [2.05, 4.69) is 10.3 Å². The minimum atomic E-state index is -3.86. The van der Waals surface area contributed by atoms with E-state index in [1.807, 2.05) is 32.0 Å². The van der Waals surface area contributed by atoms with Crippen LogP contribution in [0.5, 0.6) is 0 Å². The molecule has 0 radical (unpaired) electrons. The van der Waals surface area contributed by atoms with Crippen LogP contribution < -0.4 is 15.4 Å². The number of sulfonamides is 1. The van der Waals surface area contributed by atoms with Gasteiger partial charge < -0.3 is 25.6 Å². The van der Waals surface area contributed by atoms with Gasteiger partial charge in [-0.15, -0.1) is 0 Å². The topological polar surface area (TPSA) is 144 Å². The summed E-state index contributed by atoms with van der Waals surface area (Å²) < 4.78 is 40.0. The van der Waals surface area contributed by atoms with Crippen molar-refractivity contribution in [2.45, 2.75) is 50.2 Å². The third-order valence-corrected chi connectivity index (χ3v) is 8.74. The van der Waals surface area contributed by atoms with E-state index in [9.17, 15) is 18.3 Å². The molecule has 38 heavy (non-hydrogen) atoms. The second kappa shape index (κ2) is 12.3. The van der Waals surface area contributed by atoms with Crippen LogP contribution in [-0.2, 0) is 25.9 Å². The van der Waals surface area contributed by atoms with Crippen molar-refractivity contribution in [3.05, 3.63) is 48.0 Å². The highest BCUT2D eigenvalue weighted by Crippen LogP contribution is 2.30. The van der Waals surface area contributed by atoms with Crippen molar-refractivity contribution in [3.63, 3.8) is 0 Å². The summed E-state index contributed by atoms with van der Waals surface area (Å²) >= 11 is 1.25. The summed E-state index contributed by atoms with van der Waals surface area (Å²) in [6.45, 7) is 5.26. The summed E-state index contributed by atoms with van der Waals surface area (Å²) in [5, 5.41) is 13.3. The largest absolute Gasteiger partial charge is 0.444 e. The standard InChI is InChI=1S/C26H34N4O6S2/c1-17(2)15-30(38(33,34)22-8-9-23-24(13-22)37-25(27)29-23)19-5-3-4-18(12-19)6-7-20(31)14-28-26(32)36-21-10-11-35-16-21/h3-5,8-9,12-13,17,20-21,31H,6-7,10-11,14-16H2,1-2H3,(H2,27,29)(H,28,32). The number of thiazole rings is 1. The van der Waals surface area contributed by atoms with Gasteiger partial charge in [-0.2, -0.15) is 0 Å². The Kier molecular flexibility index (Phi) is 9.08. The van der Waals surface area contributed by atoms with E-state index in [4.69, 9.17) is 15.2 Å². The van der Waals surface area contributed by atoms with Crippen LogP contribution in [0.15, 0.2) is 47.4 Å². The van der Waals surface area contributed by atoms with Gasteiger partial charge >= 0.3 is 6.09 Å². The number of nitrogens with zero attached hydrogens (tertiary/aromatic N) is 2. The summed E-state index contributed by atoms with van der Waals surface area (Å²) in [6.07, 6.45) is -0.0393.